The summed E-state index contributed by atoms with van der Waals surface area (Å²) < 4.78 is 3.60. The maximum Gasteiger partial charge on any atom is -0.0387 e. The second-order valence-corrected chi connectivity index (χ2v) is 12.8. The maximum atomic E-state index is 12.6. The van der Waals surface area contributed by atoms with Gasteiger partial charge in [-0.3, -0.25) is 0 Å². The Balaban J connectivity index is 1.66. The van der Waals surface area contributed by atoms with Gasteiger partial charge in [0.1, 0.15) is 0 Å². The Morgan fingerprint density at radius 2 is 1.79 bits per heavy atom. The molecule has 2 N–H and O–H groups in total. The average Bonchev–Trinajstić information content (AvgIpc) is 2.68. The van der Waals surface area contributed by atoms with E-state index >= 15 is 0 Å². The minimum Gasteiger partial charge on any atom is -0.0570 e. The smallest absolute Gasteiger partial charge is 0.0387 e. The molecular weight excluding hydrogens is 588 g/mol. The Labute approximate surface area is 198 Å². The first-order valence-corrected chi connectivity index (χ1v) is 18.4. The summed E-state index contributed by atoms with van der Waals surface area (Å²) in [6.07, 6.45) is 6.22. The monoisotopic (exact) mass is 626 g/mol. The number of benzene rings is 1. The fourth-order valence-corrected chi connectivity index (χ4v) is 7.11. The summed E-state index contributed by atoms with van der Waals surface area (Å²) in [4.78, 5) is 14.7. The topological polar surface area (TPSA) is 44.4 Å². The van der Waals surface area contributed by atoms with E-state index in [1.165, 1.54) is 11.3 Å². The largest absolute Gasteiger partial charge is 0.0570 e. The van der Waals surface area contributed by atoms with Crippen LogP contribution in [0.15, 0.2) is 24.3 Å². The van der Waals surface area contributed by atoms with Crippen molar-refractivity contribution in [1.29, 1.82) is 0 Å². The molecule has 2 rings (SSSR count). The van der Waals surface area contributed by atoms with Crippen LogP contribution in [-0.4, -0.2) is 36.0 Å². The van der Waals surface area contributed by atoms with Gasteiger partial charge in [0.25, 0.3) is 0 Å². The summed E-state index contributed by atoms with van der Waals surface area (Å²) in [5, 5.41) is 3.61. The van der Waals surface area contributed by atoms with Gasteiger partial charge in [-0.2, -0.15) is 0 Å². The summed E-state index contributed by atoms with van der Waals surface area (Å²) >= 11 is 2.58. The van der Waals surface area contributed by atoms with Crippen molar-refractivity contribution in [2.45, 2.75) is 78.3 Å². The van der Waals surface area contributed by atoms with Crippen molar-refractivity contribution in [1.82, 2.24) is 8.43 Å². The molecule has 29 heavy (non-hydrogen) atoms. The van der Waals surface area contributed by atoms with Crippen LogP contribution in [0, 0.1) is 11.8 Å². The van der Waals surface area contributed by atoms with Gasteiger partial charge in [0.15, 0.2) is 0 Å². The Bertz CT molecular complexity index is 601. The number of anilines is 1. The summed E-state index contributed by atoms with van der Waals surface area (Å²) in [6.45, 7) is 10.8. The Hall–Kier alpha value is -0.0900. The van der Waals surface area contributed by atoms with Crippen molar-refractivity contribution in [3.05, 3.63) is 29.8 Å². The molecule has 166 valence electrons. The van der Waals surface area contributed by atoms with E-state index < -0.39 is 0 Å². The normalized spacial score (nSPS) is 17.5. The summed E-state index contributed by atoms with van der Waals surface area (Å²) in [5.74, 6) is 1.48. The standard InChI is InChI=1S/C23H38I2N3O/c1-17(2)15-20-7-9-21(10-8-20)26-19(4)6-5-18(3)16-23(29)28-13-11-22(12-14-28)27-25-24/h7-10,17-19,22,26-27H,5-6,11-16H2,1-4H3/q-1. The molecule has 4 nitrogen and oxygen atoms in total. The van der Waals surface area contributed by atoms with E-state index in [-0.39, 0.29) is 17.5 Å². The maximum absolute atomic E-state index is 12.6. The molecule has 1 fully saturated rings. The molecule has 0 radical (unpaired) electrons. The zero-order chi connectivity index (χ0) is 21.2. The number of hydrogen-bond acceptors (Lipinski definition) is 3. The number of halogens is 2. The molecule has 1 saturated heterocycles. The first-order chi connectivity index (χ1) is 13.9. The summed E-state index contributed by atoms with van der Waals surface area (Å²) in [6, 6.07) is 9.90. The predicted octanol–water partition coefficient (Wildman–Crippen LogP) is 2.43. The number of piperidine rings is 1. The fourth-order valence-electron chi connectivity index (χ4n) is 3.93. The SMILES string of the molecule is CC(C)Cc1ccc(NC(C)CCC(C)CC(=O)N2CCC(N[I-]I)CC2)cc1. The Morgan fingerprint density at radius 3 is 2.38 bits per heavy atom. The van der Waals surface area contributed by atoms with Crippen molar-refractivity contribution in [3.63, 3.8) is 0 Å². The van der Waals surface area contributed by atoms with Crippen molar-refractivity contribution in [2.75, 3.05) is 18.4 Å². The molecule has 1 amide bonds. The van der Waals surface area contributed by atoms with E-state index in [1.54, 1.807) is 0 Å². The Kier molecular flexibility index (Phi) is 11.6. The third-order valence-electron chi connectivity index (χ3n) is 5.67. The van der Waals surface area contributed by atoms with E-state index in [1.807, 2.05) is 0 Å². The van der Waals surface area contributed by atoms with Gasteiger partial charge in [-0.25, -0.2) is 0 Å². The van der Waals surface area contributed by atoms with Gasteiger partial charge in [0.05, 0.1) is 0 Å². The van der Waals surface area contributed by atoms with Gasteiger partial charge in [-0.15, -0.1) is 0 Å². The molecule has 6 heteroatoms. The van der Waals surface area contributed by atoms with E-state index in [2.05, 4.69) is 84.3 Å². The number of amides is 1. The number of nitrogens with zero attached hydrogens (tertiary/aromatic N) is 1. The molecule has 0 aromatic heterocycles. The minimum absolute atomic E-state index is 0.112. The first kappa shape index (κ1) is 25.2. The second-order valence-electron chi connectivity index (χ2n) is 9.06. The molecule has 0 bridgehead atoms. The van der Waals surface area contributed by atoms with Crippen LogP contribution in [0.5, 0.6) is 0 Å². The molecule has 1 aromatic carbocycles. The van der Waals surface area contributed by atoms with Gasteiger partial charge in [0, 0.05) is 5.69 Å². The van der Waals surface area contributed by atoms with Gasteiger partial charge in [0.2, 0.25) is 0 Å². The number of hydrogen-bond donors (Lipinski definition) is 2. The number of nitrogens with one attached hydrogen (secondary N) is 2. The number of rotatable bonds is 11. The molecule has 1 aliphatic heterocycles. The zero-order valence-corrected chi connectivity index (χ0v) is 22.7. The van der Waals surface area contributed by atoms with Crippen molar-refractivity contribution >= 4 is 30.2 Å². The van der Waals surface area contributed by atoms with Gasteiger partial charge in [-0.1, -0.05) is 26.0 Å². The molecule has 1 heterocycles. The van der Waals surface area contributed by atoms with Gasteiger partial charge >= 0.3 is 138 Å². The third kappa shape index (κ3) is 9.72. The molecular formula is C23H38I2N3O-. The van der Waals surface area contributed by atoms with Crippen LogP contribution in [0.3, 0.4) is 0 Å². The van der Waals surface area contributed by atoms with E-state index in [9.17, 15) is 4.79 Å². The Morgan fingerprint density at radius 1 is 1.14 bits per heavy atom. The van der Waals surface area contributed by atoms with Crippen LogP contribution in [0.2, 0.25) is 0 Å². The number of carbonyl (C=O) groups is 1. The number of carbonyl (C=O) groups excluding carboxylic acids is 1. The average molecular weight is 626 g/mol. The van der Waals surface area contributed by atoms with E-state index in [0.717, 1.165) is 45.2 Å². The molecule has 2 unspecified atom stereocenters. The summed E-state index contributed by atoms with van der Waals surface area (Å²) in [5.41, 5.74) is 2.60. The molecule has 1 aliphatic rings. The van der Waals surface area contributed by atoms with Crippen molar-refractivity contribution < 1.29 is 22.3 Å². The van der Waals surface area contributed by atoms with Gasteiger partial charge < -0.3 is 0 Å². The third-order valence-corrected chi connectivity index (χ3v) is 8.37. The molecule has 1 aromatic rings. The van der Waals surface area contributed by atoms with E-state index in [0.29, 0.717) is 36.2 Å². The molecule has 0 aliphatic carbocycles. The zero-order valence-electron chi connectivity index (χ0n) is 18.4. The first-order valence-electron chi connectivity index (χ1n) is 11.0. The fraction of sp³-hybridized carbons (Fsp3) is 0.696. The van der Waals surface area contributed by atoms with Crippen LogP contribution in [0.25, 0.3) is 0 Å². The predicted molar refractivity (Wildman–Crippen MR) is 128 cm³/mol. The van der Waals surface area contributed by atoms with Crippen LogP contribution in [0.4, 0.5) is 5.69 Å². The molecule has 0 saturated carbocycles. The van der Waals surface area contributed by atoms with Crippen LogP contribution >= 0.6 is 18.6 Å². The molecule has 0 spiro atoms. The molecule has 2 atom stereocenters. The second kappa shape index (κ2) is 13.3. The van der Waals surface area contributed by atoms with Crippen molar-refractivity contribution in [3.8, 4) is 0 Å². The van der Waals surface area contributed by atoms with E-state index in [4.69, 9.17) is 0 Å². The summed E-state index contributed by atoms with van der Waals surface area (Å²) in [7, 11) is 0. The quantitative estimate of drug-likeness (QED) is 0.293. The van der Waals surface area contributed by atoms with Gasteiger partial charge in [-0.05, 0) is 30.0 Å². The van der Waals surface area contributed by atoms with Crippen LogP contribution in [0.1, 0.15) is 65.4 Å². The van der Waals surface area contributed by atoms with Crippen LogP contribution in [-0.2, 0) is 11.2 Å². The minimum atomic E-state index is 0.112. The number of likely N-dealkylation sites (tertiary alicyclic amines) is 1. The van der Waals surface area contributed by atoms with Crippen LogP contribution < -0.4 is 26.4 Å². The van der Waals surface area contributed by atoms with Crippen molar-refractivity contribution in [2.24, 2.45) is 11.8 Å².